The summed E-state index contributed by atoms with van der Waals surface area (Å²) in [5, 5.41) is 0.750. The predicted octanol–water partition coefficient (Wildman–Crippen LogP) is 3.23. The molecule has 1 aromatic carbocycles. The molecule has 1 N–H and O–H groups in total. The highest BCUT2D eigenvalue weighted by Crippen LogP contribution is 2.26. The van der Waals surface area contributed by atoms with Crippen LogP contribution in [0.15, 0.2) is 18.2 Å². The molecular weight excluding hydrogens is 342 g/mol. The van der Waals surface area contributed by atoms with Gasteiger partial charge in [-0.25, -0.2) is 0 Å². The van der Waals surface area contributed by atoms with E-state index in [9.17, 15) is 14.4 Å². The molecule has 6 nitrogen and oxygen atoms in total. The average molecular weight is 371 g/mol. The van der Waals surface area contributed by atoms with E-state index in [4.69, 9.17) is 0 Å². The van der Waals surface area contributed by atoms with Gasteiger partial charge in [0.2, 0.25) is 0 Å². The van der Waals surface area contributed by atoms with Gasteiger partial charge in [-0.15, -0.1) is 0 Å². The largest absolute Gasteiger partial charge is 0.352 e. The van der Waals surface area contributed by atoms with Gasteiger partial charge in [0.25, 0.3) is 5.91 Å². The Morgan fingerprint density at radius 2 is 1.59 bits per heavy atom. The molecule has 0 saturated carbocycles. The standard InChI is InChI=1S/C21H29N3O3/c1-13(25)15-10-14-11-18(19(26)21(2,3)4)22-17(14)12-16(15)20(27)24(7)9-8-23(5)6/h10-12,22H,8-9H2,1-7H3. The molecule has 0 unspecified atom stereocenters. The average Bonchev–Trinajstić information content (AvgIpc) is 2.98. The van der Waals surface area contributed by atoms with Gasteiger partial charge in [0.05, 0.1) is 11.3 Å². The van der Waals surface area contributed by atoms with Crippen molar-refractivity contribution in [2.24, 2.45) is 5.41 Å². The van der Waals surface area contributed by atoms with Gasteiger partial charge in [-0.3, -0.25) is 14.4 Å². The number of Topliss-reactive ketones (excluding diaryl/α,β-unsaturated/α-hetero) is 2. The van der Waals surface area contributed by atoms with Crippen LogP contribution in [-0.4, -0.2) is 66.5 Å². The van der Waals surface area contributed by atoms with E-state index in [1.54, 1.807) is 30.1 Å². The van der Waals surface area contributed by atoms with Crippen LogP contribution in [0.1, 0.15) is 58.9 Å². The number of rotatable bonds is 6. The number of likely N-dealkylation sites (N-methyl/N-ethyl adjacent to an activating group) is 2. The fourth-order valence-corrected chi connectivity index (χ4v) is 2.83. The third-order valence-electron chi connectivity index (χ3n) is 4.52. The van der Waals surface area contributed by atoms with Crippen molar-refractivity contribution in [1.29, 1.82) is 0 Å². The third kappa shape index (κ3) is 4.63. The van der Waals surface area contributed by atoms with Gasteiger partial charge in [0, 0.05) is 42.0 Å². The molecule has 0 aliphatic heterocycles. The summed E-state index contributed by atoms with van der Waals surface area (Å²) in [6.45, 7) is 8.31. The summed E-state index contributed by atoms with van der Waals surface area (Å²) >= 11 is 0. The van der Waals surface area contributed by atoms with Crippen molar-refractivity contribution >= 4 is 28.4 Å². The Bertz CT molecular complexity index is 888. The number of aromatic nitrogens is 1. The van der Waals surface area contributed by atoms with Crippen LogP contribution in [-0.2, 0) is 0 Å². The van der Waals surface area contributed by atoms with Crippen molar-refractivity contribution in [3.8, 4) is 0 Å². The lowest BCUT2D eigenvalue weighted by Crippen LogP contribution is -2.34. The Labute approximate surface area is 160 Å². The lowest BCUT2D eigenvalue weighted by molar-refractivity contribution is 0.0781. The number of amides is 1. The smallest absolute Gasteiger partial charge is 0.254 e. The molecule has 0 saturated heterocycles. The summed E-state index contributed by atoms with van der Waals surface area (Å²) in [5.74, 6) is -0.396. The van der Waals surface area contributed by atoms with Crippen molar-refractivity contribution in [2.45, 2.75) is 27.7 Å². The maximum Gasteiger partial charge on any atom is 0.254 e. The highest BCUT2D eigenvalue weighted by atomic mass is 16.2. The van der Waals surface area contributed by atoms with E-state index in [0.29, 0.717) is 28.9 Å². The van der Waals surface area contributed by atoms with Gasteiger partial charge in [-0.1, -0.05) is 20.8 Å². The van der Waals surface area contributed by atoms with Gasteiger partial charge < -0.3 is 14.8 Å². The number of fused-ring (bicyclic) bond motifs is 1. The van der Waals surface area contributed by atoms with E-state index in [2.05, 4.69) is 4.98 Å². The van der Waals surface area contributed by atoms with Crippen LogP contribution >= 0.6 is 0 Å². The SMILES string of the molecule is CC(=O)c1cc2cc(C(=O)C(C)(C)C)[nH]c2cc1C(=O)N(C)CCN(C)C. The minimum atomic E-state index is -0.519. The number of aromatic amines is 1. The molecule has 2 rings (SSSR count). The van der Waals surface area contributed by atoms with Crippen LogP contribution in [0.2, 0.25) is 0 Å². The number of carbonyl (C=O) groups is 3. The zero-order valence-electron chi connectivity index (χ0n) is 17.3. The first-order valence-corrected chi connectivity index (χ1v) is 9.04. The lowest BCUT2D eigenvalue weighted by Gasteiger charge is -2.20. The Morgan fingerprint density at radius 3 is 2.11 bits per heavy atom. The number of nitrogens with one attached hydrogen (secondary N) is 1. The second-order valence-corrected chi connectivity index (χ2v) is 8.33. The van der Waals surface area contributed by atoms with Gasteiger partial charge in [-0.05, 0) is 39.2 Å². The van der Waals surface area contributed by atoms with E-state index in [1.165, 1.54) is 6.92 Å². The van der Waals surface area contributed by atoms with E-state index < -0.39 is 5.41 Å². The molecule has 1 aromatic heterocycles. The van der Waals surface area contributed by atoms with Gasteiger partial charge >= 0.3 is 0 Å². The Kier molecular flexibility index (Phi) is 5.90. The van der Waals surface area contributed by atoms with Crippen molar-refractivity contribution in [2.75, 3.05) is 34.2 Å². The van der Waals surface area contributed by atoms with Crippen molar-refractivity contribution in [1.82, 2.24) is 14.8 Å². The van der Waals surface area contributed by atoms with E-state index in [0.717, 1.165) is 11.9 Å². The van der Waals surface area contributed by atoms with Crippen LogP contribution in [0.5, 0.6) is 0 Å². The third-order valence-corrected chi connectivity index (χ3v) is 4.52. The van der Waals surface area contributed by atoms with Gasteiger partial charge in [0.1, 0.15) is 0 Å². The number of H-pyrrole nitrogens is 1. The molecule has 0 spiro atoms. The summed E-state index contributed by atoms with van der Waals surface area (Å²) in [6.07, 6.45) is 0. The Morgan fingerprint density at radius 1 is 0.963 bits per heavy atom. The fourth-order valence-electron chi connectivity index (χ4n) is 2.83. The molecule has 6 heteroatoms. The number of carbonyl (C=O) groups excluding carboxylic acids is 3. The van der Waals surface area contributed by atoms with E-state index in [1.807, 2.05) is 39.8 Å². The molecule has 0 aliphatic carbocycles. The molecule has 2 aromatic rings. The molecule has 0 atom stereocenters. The van der Waals surface area contributed by atoms with Crippen LogP contribution in [0, 0.1) is 5.41 Å². The maximum absolute atomic E-state index is 12.9. The van der Waals surface area contributed by atoms with Crippen LogP contribution in [0.4, 0.5) is 0 Å². The number of benzene rings is 1. The van der Waals surface area contributed by atoms with Crippen molar-refractivity contribution < 1.29 is 14.4 Å². The van der Waals surface area contributed by atoms with Gasteiger partial charge in [0.15, 0.2) is 11.6 Å². The van der Waals surface area contributed by atoms with Crippen LogP contribution in [0.3, 0.4) is 0 Å². The highest BCUT2D eigenvalue weighted by molar-refractivity contribution is 6.11. The quantitative estimate of drug-likeness (QED) is 0.791. The molecule has 0 aliphatic rings. The predicted molar refractivity (Wildman–Crippen MR) is 108 cm³/mol. The molecule has 1 amide bonds. The normalized spacial score (nSPS) is 11.9. The summed E-state index contributed by atoms with van der Waals surface area (Å²) in [6, 6.07) is 5.12. The van der Waals surface area contributed by atoms with Crippen LogP contribution in [0.25, 0.3) is 10.9 Å². The second-order valence-electron chi connectivity index (χ2n) is 8.33. The Hall–Kier alpha value is -2.47. The minimum Gasteiger partial charge on any atom is -0.352 e. The van der Waals surface area contributed by atoms with E-state index >= 15 is 0 Å². The molecular formula is C21H29N3O3. The zero-order valence-corrected chi connectivity index (χ0v) is 17.3. The lowest BCUT2D eigenvalue weighted by atomic mass is 9.89. The topological polar surface area (TPSA) is 73.5 Å². The van der Waals surface area contributed by atoms with Crippen molar-refractivity contribution in [3.05, 3.63) is 35.0 Å². The number of hydrogen-bond donors (Lipinski definition) is 1. The first kappa shape index (κ1) is 20.8. The van der Waals surface area contributed by atoms with Crippen molar-refractivity contribution in [3.63, 3.8) is 0 Å². The Balaban J connectivity index is 2.49. The minimum absolute atomic E-state index is 0.0148. The fraction of sp³-hybridized carbons (Fsp3) is 0.476. The monoisotopic (exact) mass is 371 g/mol. The summed E-state index contributed by atoms with van der Waals surface area (Å²) in [7, 11) is 5.61. The second kappa shape index (κ2) is 7.64. The molecule has 27 heavy (non-hydrogen) atoms. The first-order valence-electron chi connectivity index (χ1n) is 9.04. The number of hydrogen-bond acceptors (Lipinski definition) is 4. The molecule has 0 radical (unpaired) electrons. The summed E-state index contributed by atoms with van der Waals surface area (Å²) in [4.78, 5) is 44.3. The maximum atomic E-state index is 12.9. The summed E-state index contributed by atoms with van der Waals surface area (Å²) in [5.41, 5.74) is 1.37. The molecule has 1 heterocycles. The first-order chi connectivity index (χ1) is 12.4. The number of ketones is 2. The van der Waals surface area contributed by atoms with E-state index in [-0.39, 0.29) is 17.5 Å². The number of nitrogens with zero attached hydrogens (tertiary/aromatic N) is 2. The molecule has 146 valence electrons. The van der Waals surface area contributed by atoms with Crippen LogP contribution < -0.4 is 0 Å². The summed E-state index contributed by atoms with van der Waals surface area (Å²) < 4.78 is 0. The zero-order chi connectivity index (χ0) is 20.5. The van der Waals surface area contributed by atoms with Gasteiger partial charge in [-0.2, -0.15) is 0 Å². The molecule has 0 bridgehead atoms. The highest BCUT2D eigenvalue weighted by Gasteiger charge is 2.26. The molecule has 0 fully saturated rings.